The first-order valence-electron chi connectivity index (χ1n) is 7.05. The number of aryl methyl sites for hydroxylation is 2. The molecule has 0 heterocycles. The Morgan fingerprint density at radius 2 is 1.78 bits per heavy atom. The molecule has 0 saturated heterocycles. The van der Waals surface area contributed by atoms with Crippen LogP contribution in [0, 0.1) is 24.0 Å². The third-order valence-corrected chi connectivity index (χ3v) is 5.16. The highest BCUT2D eigenvalue weighted by Gasteiger charge is 2.27. The van der Waals surface area contributed by atoms with Crippen molar-refractivity contribution in [3.05, 3.63) is 69.3 Å². The van der Waals surface area contributed by atoms with Gasteiger partial charge in [0.05, 0.1) is 4.92 Å². The molecule has 0 amide bonds. The molecule has 0 unspecified atom stereocenters. The van der Waals surface area contributed by atoms with Gasteiger partial charge >= 0.3 is 0 Å². The number of nitro benzene ring substituents is 1. The lowest BCUT2D eigenvalue weighted by Gasteiger charge is -2.17. The Balaban J connectivity index is 2.37. The minimum Gasteiger partial charge on any atom is -0.258 e. The Kier molecular flexibility index (Phi) is 4.82. The topological polar surface area (TPSA) is 89.3 Å². The molecule has 122 valence electrons. The first kappa shape index (κ1) is 17.1. The summed E-state index contributed by atoms with van der Waals surface area (Å²) in [5.74, 6) is 0. The van der Waals surface area contributed by atoms with E-state index in [9.17, 15) is 18.5 Å². The maximum atomic E-state index is 12.5. The highest BCUT2D eigenvalue weighted by atomic mass is 32.2. The van der Waals surface area contributed by atoms with Gasteiger partial charge < -0.3 is 0 Å². The van der Waals surface area contributed by atoms with Crippen LogP contribution in [0.2, 0.25) is 0 Å². The molecule has 2 aromatic carbocycles. The zero-order valence-electron chi connectivity index (χ0n) is 13.1. The molecule has 23 heavy (non-hydrogen) atoms. The molecule has 0 aliphatic heterocycles. The van der Waals surface area contributed by atoms with Crippen LogP contribution in [0.15, 0.2) is 47.4 Å². The normalized spacial score (nSPS) is 12.8. The maximum absolute atomic E-state index is 12.5. The highest BCUT2D eigenvalue weighted by Crippen LogP contribution is 2.26. The lowest BCUT2D eigenvalue weighted by molar-refractivity contribution is -0.387. The average Bonchev–Trinajstić information content (AvgIpc) is 2.46. The fraction of sp³-hybridized carbons (Fsp3) is 0.250. The van der Waals surface area contributed by atoms with Gasteiger partial charge in [-0.2, -0.15) is 0 Å². The van der Waals surface area contributed by atoms with Crippen LogP contribution in [0.3, 0.4) is 0 Å². The number of nitrogens with one attached hydrogen (secondary N) is 1. The van der Waals surface area contributed by atoms with Crippen molar-refractivity contribution < 1.29 is 13.3 Å². The maximum Gasteiger partial charge on any atom is 0.289 e. The summed E-state index contributed by atoms with van der Waals surface area (Å²) in [6, 6.07) is 10.5. The standard InChI is InChI=1S/C16H18N2O4S/c1-11-8-9-14(12(2)10-11)13(3)17-23(21,22)16-7-5-4-6-15(16)18(19)20/h4-10,13,17H,1-3H3/t13-/m0/s1. The number of sulfonamides is 1. The number of hydrogen-bond donors (Lipinski definition) is 1. The van der Waals surface area contributed by atoms with E-state index >= 15 is 0 Å². The van der Waals surface area contributed by atoms with Crippen molar-refractivity contribution in [1.29, 1.82) is 0 Å². The molecule has 0 aromatic heterocycles. The van der Waals surface area contributed by atoms with Gasteiger partial charge in [0.1, 0.15) is 0 Å². The fourth-order valence-corrected chi connectivity index (χ4v) is 3.90. The van der Waals surface area contributed by atoms with E-state index in [-0.39, 0.29) is 4.90 Å². The van der Waals surface area contributed by atoms with Crippen LogP contribution in [-0.2, 0) is 10.0 Å². The second-order valence-electron chi connectivity index (χ2n) is 5.43. The molecule has 0 fully saturated rings. The smallest absolute Gasteiger partial charge is 0.258 e. The summed E-state index contributed by atoms with van der Waals surface area (Å²) < 4.78 is 27.5. The van der Waals surface area contributed by atoms with Crippen LogP contribution in [0.5, 0.6) is 0 Å². The number of benzene rings is 2. The molecule has 0 radical (unpaired) electrons. The van der Waals surface area contributed by atoms with Crippen LogP contribution < -0.4 is 4.72 Å². The zero-order valence-corrected chi connectivity index (χ0v) is 13.9. The summed E-state index contributed by atoms with van der Waals surface area (Å²) >= 11 is 0. The Hall–Kier alpha value is -2.25. The van der Waals surface area contributed by atoms with E-state index in [0.717, 1.165) is 16.7 Å². The van der Waals surface area contributed by atoms with Crippen LogP contribution in [0.4, 0.5) is 5.69 Å². The van der Waals surface area contributed by atoms with E-state index < -0.39 is 26.7 Å². The largest absolute Gasteiger partial charge is 0.289 e. The van der Waals surface area contributed by atoms with Gasteiger partial charge in [0.15, 0.2) is 4.90 Å². The highest BCUT2D eigenvalue weighted by molar-refractivity contribution is 7.89. The molecule has 7 heteroatoms. The molecule has 0 aliphatic carbocycles. The molecular formula is C16H18N2O4S. The van der Waals surface area contributed by atoms with Crippen molar-refractivity contribution in [1.82, 2.24) is 4.72 Å². The SMILES string of the molecule is Cc1ccc([C@H](C)NS(=O)(=O)c2ccccc2[N+](=O)[O-])c(C)c1. The molecular weight excluding hydrogens is 316 g/mol. The first-order chi connectivity index (χ1) is 10.7. The quantitative estimate of drug-likeness (QED) is 0.671. The summed E-state index contributed by atoms with van der Waals surface area (Å²) in [6.45, 7) is 5.57. The predicted octanol–water partition coefficient (Wildman–Crippen LogP) is 3.25. The van der Waals surface area contributed by atoms with Crippen molar-refractivity contribution in [2.24, 2.45) is 0 Å². The van der Waals surface area contributed by atoms with E-state index in [1.807, 2.05) is 32.0 Å². The second kappa shape index (κ2) is 6.47. The summed E-state index contributed by atoms with van der Waals surface area (Å²) in [6.07, 6.45) is 0. The Morgan fingerprint density at radius 3 is 2.39 bits per heavy atom. The number of nitrogens with zero attached hydrogens (tertiary/aromatic N) is 1. The van der Waals surface area contributed by atoms with Crippen LogP contribution in [0.25, 0.3) is 0 Å². The molecule has 2 aromatic rings. The zero-order chi connectivity index (χ0) is 17.2. The van der Waals surface area contributed by atoms with Crippen molar-refractivity contribution in [3.63, 3.8) is 0 Å². The number of hydrogen-bond acceptors (Lipinski definition) is 4. The fourth-order valence-electron chi connectivity index (χ4n) is 2.51. The Morgan fingerprint density at radius 1 is 1.13 bits per heavy atom. The third-order valence-electron chi connectivity index (χ3n) is 3.58. The molecule has 0 bridgehead atoms. The second-order valence-corrected chi connectivity index (χ2v) is 7.11. The molecule has 6 nitrogen and oxygen atoms in total. The summed E-state index contributed by atoms with van der Waals surface area (Å²) in [5.41, 5.74) is 2.44. The van der Waals surface area contributed by atoms with E-state index in [1.54, 1.807) is 6.92 Å². The van der Waals surface area contributed by atoms with Crippen molar-refractivity contribution in [2.75, 3.05) is 0 Å². The van der Waals surface area contributed by atoms with E-state index in [2.05, 4.69) is 4.72 Å². The van der Waals surface area contributed by atoms with Gasteiger partial charge in [0.2, 0.25) is 10.0 Å². The first-order valence-corrected chi connectivity index (χ1v) is 8.53. The number of nitro groups is 1. The molecule has 0 spiro atoms. The van der Waals surface area contributed by atoms with E-state index in [1.165, 1.54) is 24.3 Å². The van der Waals surface area contributed by atoms with Gasteiger partial charge in [0.25, 0.3) is 5.69 Å². The van der Waals surface area contributed by atoms with Gasteiger partial charge in [-0.05, 0) is 38.0 Å². The minimum absolute atomic E-state index is 0.332. The Labute approximate surface area is 135 Å². The van der Waals surface area contributed by atoms with Crippen molar-refractivity contribution in [3.8, 4) is 0 Å². The van der Waals surface area contributed by atoms with Gasteiger partial charge in [-0.3, -0.25) is 10.1 Å². The third kappa shape index (κ3) is 3.75. The van der Waals surface area contributed by atoms with Crippen molar-refractivity contribution >= 4 is 15.7 Å². The molecule has 1 N–H and O–H groups in total. The monoisotopic (exact) mass is 334 g/mol. The summed E-state index contributed by atoms with van der Waals surface area (Å²) in [4.78, 5) is 10.00. The molecule has 0 saturated carbocycles. The minimum atomic E-state index is -4.00. The van der Waals surface area contributed by atoms with Gasteiger partial charge in [-0.15, -0.1) is 0 Å². The Bertz CT molecular complexity index is 847. The number of rotatable bonds is 5. The van der Waals surface area contributed by atoms with Gasteiger partial charge in [0, 0.05) is 12.1 Å². The van der Waals surface area contributed by atoms with E-state index in [0.29, 0.717) is 0 Å². The lowest BCUT2D eigenvalue weighted by Crippen LogP contribution is -2.28. The molecule has 0 aliphatic rings. The van der Waals surface area contributed by atoms with Gasteiger partial charge in [-0.1, -0.05) is 35.9 Å². The molecule has 2 rings (SSSR count). The van der Waals surface area contributed by atoms with E-state index in [4.69, 9.17) is 0 Å². The number of para-hydroxylation sites is 1. The van der Waals surface area contributed by atoms with Crippen LogP contribution in [-0.4, -0.2) is 13.3 Å². The van der Waals surface area contributed by atoms with Crippen molar-refractivity contribution in [2.45, 2.75) is 31.7 Å². The predicted molar refractivity (Wildman–Crippen MR) is 87.7 cm³/mol. The average molecular weight is 334 g/mol. The molecule has 1 atom stereocenters. The summed E-state index contributed by atoms with van der Waals surface area (Å²) in [5, 5.41) is 11.0. The lowest BCUT2D eigenvalue weighted by atomic mass is 10.0. The van der Waals surface area contributed by atoms with Crippen LogP contribution >= 0.6 is 0 Å². The van der Waals surface area contributed by atoms with Crippen LogP contribution in [0.1, 0.15) is 29.7 Å². The van der Waals surface area contributed by atoms with Gasteiger partial charge in [-0.25, -0.2) is 13.1 Å². The summed E-state index contributed by atoms with van der Waals surface area (Å²) in [7, 11) is -4.00.